The van der Waals surface area contributed by atoms with Crippen LogP contribution in [0.4, 0.5) is 5.69 Å². The molecule has 3 N–H and O–H groups in total. The van der Waals surface area contributed by atoms with Gasteiger partial charge in [-0.25, -0.2) is 0 Å². The second-order valence-corrected chi connectivity index (χ2v) is 6.39. The molecular weight excluding hydrogens is 280 g/mol. The fraction of sp³-hybridized carbons (Fsp3) is 0.529. The molecule has 0 atom stereocenters. The van der Waals surface area contributed by atoms with E-state index in [1.807, 2.05) is 25.1 Å². The van der Waals surface area contributed by atoms with E-state index in [0.29, 0.717) is 11.4 Å². The molecule has 21 heavy (non-hydrogen) atoms. The Morgan fingerprint density at radius 1 is 1.33 bits per heavy atom. The number of benzene rings is 1. The quantitative estimate of drug-likeness (QED) is 0.810. The van der Waals surface area contributed by atoms with Crippen molar-refractivity contribution in [1.82, 2.24) is 0 Å². The largest absolute Gasteiger partial charge is 0.389 e. The van der Waals surface area contributed by atoms with Gasteiger partial charge in [-0.05, 0) is 30.9 Å². The molecule has 4 heteroatoms. The fourth-order valence-electron chi connectivity index (χ4n) is 3.12. The Hall–Kier alpha value is -1.42. The molecule has 0 saturated heterocycles. The van der Waals surface area contributed by atoms with Crippen LogP contribution >= 0.6 is 12.2 Å². The highest BCUT2D eigenvalue weighted by atomic mass is 32.1. The number of hydrogen-bond donors (Lipinski definition) is 2. The summed E-state index contributed by atoms with van der Waals surface area (Å²) in [4.78, 5) is 12.5. The first kappa shape index (κ1) is 16.0. The van der Waals surface area contributed by atoms with E-state index in [2.05, 4.69) is 5.32 Å². The minimum absolute atomic E-state index is 0.0590. The lowest BCUT2D eigenvalue weighted by Crippen LogP contribution is -2.19. The minimum Gasteiger partial charge on any atom is -0.389 e. The van der Waals surface area contributed by atoms with Gasteiger partial charge in [-0.2, -0.15) is 0 Å². The van der Waals surface area contributed by atoms with E-state index in [1.165, 1.54) is 32.1 Å². The molecule has 0 unspecified atom stereocenters. The van der Waals surface area contributed by atoms with Gasteiger partial charge in [0.15, 0.2) is 0 Å². The second-order valence-electron chi connectivity index (χ2n) is 5.95. The summed E-state index contributed by atoms with van der Waals surface area (Å²) in [5, 5.41) is 2.97. The van der Waals surface area contributed by atoms with Crippen LogP contribution in [-0.2, 0) is 4.79 Å². The molecule has 0 aliphatic heterocycles. The van der Waals surface area contributed by atoms with Crippen LogP contribution in [0.3, 0.4) is 0 Å². The van der Waals surface area contributed by atoms with E-state index in [9.17, 15) is 4.79 Å². The van der Waals surface area contributed by atoms with Gasteiger partial charge in [-0.15, -0.1) is 0 Å². The van der Waals surface area contributed by atoms with Crippen molar-refractivity contribution in [2.45, 2.75) is 51.9 Å². The Labute approximate surface area is 132 Å². The number of amides is 1. The van der Waals surface area contributed by atoms with Crippen molar-refractivity contribution < 1.29 is 4.79 Å². The fourth-order valence-corrected chi connectivity index (χ4v) is 3.39. The molecule has 0 spiro atoms. The third-order valence-electron chi connectivity index (χ3n) is 4.30. The number of carbonyl (C=O) groups excluding carboxylic acids is 1. The van der Waals surface area contributed by atoms with E-state index < -0.39 is 0 Å². The summed E-state index contributed by atoms with van der Waals surface area (Å²) >= 11 is 5.08. The lowest BCUT2D eigenvalue weighted by molar-refractivity contribution is -0.116. The van der Waals surface area contributed by atoms with Crippen molar-refractivity contribution in [3.05, 3.63) is 29.3 Å². The van der Waals surface area contributed by atoms with Gasteiger partial charge in [0.05, 0.1) is 5.69 Å². The maximum absolute atomic E-state index is 12.1. The van der Waals surface area contributed by atoms with Crippen molar-refractivity contribution in [2.75, 3.05) is 5.32 Å². The molecular formula is C17H24N2OS. The highest BCUT2D eigenvalue weighted by molar-refractivity contribution is 7.80. The molecule has 0 heterocycles. The van der Waals surface area contributed by atoms with Gasteiger partial charge >= 0.3 is 0 Å². The monoisotopic (exact) mass is 304 g/mol. The molecule has 0 bridgehead atoms. The summed E-state index contributed by atoms with van der Waals surface area (Å²) in [7, 11) is 0. The Bertz CT molecular complexity index is 522. The van der Waals surface area contributed by atoms with Crippen LogP contribution in [0.1, 0.15) is 56.1 Å². The molecule has 1 aliphatic rings. The number of carbonyl (C=O) groups is 1. The highest BCUT2D eigenvalue weighted by Crippen LogP contribution is 2.27. The first-order chi connectivity index (χ1) is 10.1. The van der Waals surface area contributed by atoms with Gasteiger partial charge in [0.25, 0.3) is 0 Å². The number of aryl methyl sites for hydroxylation is 1. The number of anilines is 1. The van der Waals surface area contributed by atoms with Crippen LogP contribution in [0.15, 0.2) is 18.2 Å². The average molecular weight is 304 g/mol. The van der Waals surface area contributed by atoms with Crippen LogP contribution in [0.25, 0.3) is 0 Å². The summed E-state index contributed by atoms with van der Waals surface area (Å²) in [6.07, 6.45) is 8.09. The topological polar surface area (TPSA) is 55.1 Å². The minimum atomic E-state index is 0.0590. The summed E-state index contributed by atoms with van der Waals surface area (Å²) in [5.41, 5.74) is 8.26. The lowest BCUT2D eigenvalue weighted by atomic mass is 9.86. The van der Waals surface area contributed by atoms with Crippen LogP contribution in [0, 0.1) is 12.8 Å². The Balaban J connectivity index is 1.93. The molecule has 1 fully saturated rings. The Morgan fingerprint density at radius 3 is 2.71 bits per heavy atom. The zero-order valence-electron chi connectivity index (χ0n) is 12.7. The highest BCUT2D eigenvalue weighted by Gasteiger charge is 2.16. The van der Waals surface area contributed by atoms with E-state index >= 15 is 0 Å². The van der Waals surface area contributed by atoms with Crippen molar-refractivity contribution in [3.8, 4) is 0 Å². The van der Waals surface area contributed by atoms with E-state index in [-0.39, 0.29) is 5.91 Å². The number of nitrogens with two attached hydrogens (primary N) is 1. The SMILES string of the molecule is Cc1cccc(NC(=O)CCC2CCCCC2)c1C(N)=S. The molecule has 0 radical (unpaired) electrons. The van der Waals surface area contributed by atoms with E-state index in [4.69, 9.17) is 18.0 Å². The molecule has 3 nitrogen and oxygen atoms in total. The number of rotatable bonds is 5. The maximum Gasteiger partial charge on any atom is 0.224 e. The van der Waals surface area contributed by atoms with Crippen molar-refractivity contribution >= 4 is 28.8 Å². The van der Waals surface area contributed by atoms with Crippen LogP contribution in [0.2, 0.25) is 0 Å². The molecule has 1 aromatic rings. The normalized spacial score (nSPS) is 15.7. The van der Waals surface area contributed by atoms with Crippen LogP contribution < -0.4 is 11.1 Å². The van der Waals surface area contributed by atoms with Gasteiger partial charge in [0.2, 0.25) is 5.91 Å². The standard InChI is InChI=1S/C17H24N2OS/c1-12-6-5-9-14(16(12)17(18)21)19-15(20)11-10-13-7-3-2-4-8-13/h5-6,9,13H,2-4,7-8,10-11H2,1H3,(H2,18,21)(H,19,20). The van der Waals surface area contributed by atoms with E-state index in [1.54, 1.807) is 0 Å². The zero-order valence-corrected chi connectivity index (χ0v) is 13.5. The van der Waals surface area contributed by atoms with Crippen molar-refractivity contribution in [3.63, 3.8) is 0 Å². The molecule has 114 valence electrons. The third kappa shape index (κ3) is 4.53. The number of hydrogen-bond acceptors (Lipinski definition) is 2. The smallest absolute Gasteiger partial charge is 0.224 e. The molecule has 1 amide bonds. The molecule has 1 saturated carbocycles. The van der Waals surface area contributed by atoms with Crippen molar-refractivity contribution in [1.29, 1.82) is 0 Å². The van der Waals surface area contributed by atoms with Crippen LogP contribution in [-0.4, -0.2) is 10.9 Å². The summed E-state index contributed by atoms with van der Waals surface area (Å²) in [6.45, 7) is 1.95. The number of nitrogens with one attached hydrogen (secondary N) is 1. The predicted molar refractivity (Wildman–Crippen MR) is 91.5 cm³/mol. The second kappa shape index (κ2) is 7.55. The maximum atomic E-state index is 12.1. The Morgan fingerprint density at radius 2 is 2.05 bits per heavy atom. The van der Waals surface area contributed by atoms with Crippen molar-refractivity contribution in [2.24, 2.45) is 11.7 Å². The van der Waals surface area contributed by atoms with Crippen LogP contribution in [0.5, 0.6) is 0 Å². The third-order valence-corrected chi connectivity index (χ3v) is 4.50. The summed E-state index contributed by atoms with van der Waals surface area (Å²) in [5.74, 6) is 0.778. The van der Waals surface area contributed by atoms with Gasteiger partial charge in [-0.3, -0.25) is 4.79 Å². The summed E-state index contributed by atoms with van der Waals surface area (Å²) in [6, 6.07) is 5.72. The predicted octanol–water partition coefficient (Wildman–Crippen LogP) is 3.93. The van der Waals surface area contributed by atoms with Gasteiger partial charge in [0.1, 0.15) is 4.99 Å². The van der Waals surface area contributed by atoms with Gasteiger partial charge in [-0.1, -0.05) is 56.5 Å². The first-order valence-electron chi connectivity index (χ1n) is 7.77. The first-order valence-corrected chi connectivity index (χ1v) is 8.18. The molecule has 2 rings (SSSR count). The van der Waals surface area contributed by atoms with Gasteiger partial charge < -0.3 is 11.1 Å². The van der Waals surface area contributed by atoms with Gasteiger partial charge in [0, 0.05) is 12.0 Å². The summed E-state index contributed by atoms with van der Waals surface area (Å²) < 4.78 is 0. The molecule has 1 aliphatic carbocycles. The molecule has 0 aromatic heterocycles. The number of thiocarbonyl (C=S) groups is 1. The zero-order chi connectivity index (χ0) is 15.2. The Kier molecular flexibility index (Phi) is 5.74. The lowest BCUT2D eigenvalue weighted by Gasteiger charge is -2.21. The van der Waals surface area contributed by atoms with E-state index in [0.717, 1.165) is 29.2 Å². The molecule has 1 aromatic carbocycles. The average Bonchev–Trinajstić information content (AvgIpc) is 2.46.